The summed E-state index contributed by atoms with van der Waals surface area (Å²) in [6.07, 6.45) is 0.0420. The molecule has 0 saturated heterocycles. The highest BCUT2D eigenvalue weighted by Gasteiger charge is 2.22. The first-order valence-electron chi connectivity index (χ1n) is 8.33. The maximum absolute atomic E-state index is 12.3. The molecular formula is C18H22N4O5. The monoisotopic (exact) mass is 374 g/mol. The molecule has 9 nitrogen and oxygen atoms in total. The quantitative estimate of drug-likeness (QED) is 0.769. The number of imide groups is 1. The SMILES string of the molecule is C[C@@H](OC(=O)Cn1cnc2ccccc2c1=O)C(=O)NC(=O)NC(C)(C)C. The van der Waals surface area contributed by atoms with E-state index in [4.69, 9.17) is 4.74 Å². The summed E-state index contributed by atoms with van der Waals surface area (Å²) >= 11 is 0. The minimum absolute atomic E-state index is 0.373. The molecule has 144 valence electrons. The van der Waals surface area contributed by atoms with Gasteiger partial charge in [0.15, 0.2) is 6.10 Å². The number of urea groups is 1. The van der Waals surface area contributed by atoms with E-state index in [9.17, 15) is 19.2 Å². The van der Waals surface area contributed by atoms with Crippen LogP contribution >= 0.6 is 0 Å². The second-order valence-electron chi connectivity index (χ2n) is 7.02. The molecule has 0 aliphatic rings. The summed E-state index contributed by atoms with van der Waals surface area (Å²) in [7, 11) is 0. The number of para-hydroxylation sites is 1. The van der Waals surface area contributed by atoms with Gasteiger partial charge in [0, 0.05) is 5.54 Å². The van der Waals surface area contributed by atoms with E-state index in [-0.39, 0.29) is 5.56 Å². The summed E-state index contributed by atoms with van der Waals surface area (Å²) in [6.45, 7) is 6.21. The molecule has 0 spiro atoms. The Bertz CT molecular complexity index is 929. The van der Waals surface area contributed by atoms with Crippen LogP contribution in [0.1, 0.15) is 27.7 Å². The average molecular weight is 374 g/mol. The summed E-state index contributed by atoms with van der Waals surface area (Å²) in [5.74, 6) is -1.57. The summed E-state index contributed by atoms with van der Waals surface area (Å²) in [4.78, 5) is 52.1. The van der Waals surface area contributed by atoms with Gasteiger partial charge in [-0.05, 0) is 39.8 Å². The third-order valence-electron chi connectivity index (χ3n) is 3.43. The summed E-state index contributed by atoms with van der Waals surface area (Å²) < 4.78 is 6.09. The molecule has 0 aliphatic heterocycles. The molecule has 3 amide bonds. The first-order chi connectivity index (χ1) is 12.6. The number of nitrogens with one attached hydrogen (secondary N) is 2. The van der Waals surface area contributed by atoms with Crippen molar-refractivity contribution in [2.45, 2.75) is 45.9 Å². The predicted octanol–water partition coefficient (Wildman–Crippen LogP) is 0.952. The number of ether oxygens (including phenoxy) is 1. The highest BCUT2D eigenvalue weighted by atomic mass is 16.5. The molecule has 27 heavy (non-hydrogen) atoms. The van der Waals surface area contributed by atoms with Crippen LogP contribution in [0, 0.1) is 0 Å². The van der Waals surface area contributed by atoms with Crippen LogP contribution in [0.25, 0.3) is 10.9 Å². The molecule has 2 aromatic rings. The lowest BCUT2D eigenvalue weighted by Crippen LogP contribution is -2.50. The van der Waals surface area contributed by atoms with Crippen molar-refractivity contribution in [1.82, 2.24) is 20.2 Å². The fraction of sp³-hybridized carbons (Fsp3) is 0.389. The standard InChI is InChI=1S/C18H22N4O5/c1-11(15(24)20-17(26)21-18(2,3)4)27-14(23)9-22-10-19-13-8-6-5-7-12(13)16(22)25/h5-8,10-11H,9H2,1-4H3,(H2,20,21,24,26)/t11-/m1/s1. The maximum Gasteiger partial charge on any atom is 0.326 e. The van der Waals surface area contributed by atoms with Gasteiger partial charge in [0.2, 0.25) is 0 Å². The summed E-state index contributed by atoms with van der Waals surface area (Å²) in [6, 6.07) is 6.06. The van der Waals surface area contributed by atoms with Crippen molar-refractivity contribution in [3.8, 4) is 0 Å². The van der Waals surface area contributed by atoms with Crippen molar-refractivity contribution >= 4 is 28.8 Å². The minimum atomic E-state index is -1.20. The number of hydrogen-bond donors (Lipinski definition) is 2. The van der Waals surface area contributed by atoms with Gasteiger partial charge in [0.1, 0.15) is 6.54 Å². The maximum atomic E-state index is 12.3. The first-order valence-corrected chi connectivity index (χ1v) is 8.33. The molecule has 0 bridgehead atoms. The number of benzene rings is 1. The van der Waals surface area contributed by atoms with Gasteiger partial charge in [-0.15, -0.1) is 0 Å². The van der Waals surface area contributed by atoms with Crippen molar-refractivity contribution in [2.75, 3.05) is 0 Å². The molecule has 1 atom stereocenters. The number of aromatic nitrogens is 2. The number of amides is 3. The number of rotatable bonds is 4. The van der Waals surface area contributed by atoms with Gasteiger partial charge in [-0.25, -0.2) is 9.78 Å². The molecule has 9 heteroatoms. The normalized spacial score (nSPS) is 12.3. The molecule has 2 N–H and O–H groups in total. The molecule has 0 aliphatic carbocycles. The fourth-order valence-corrected chi connectivity index (χ4v) is 2.23. The van der Waals surface area contributed by atoms with Gasteiger partial charge in [-0.2, -0.15) is 0 Å². The number of carbonyl (C=O) groups excluding carboxylic acids is 3. The van der Waals surface area contributed by atoms with Crippen LogP contribution in [-0.4, -0.2) is 39.1 Å². The highest BCUT2D eigenvalue weighted by molar-refractivity contribution is 5.97. The lowest BCUT2D eigenvalue weighted by Gasteiger charge is -2.21. The Balaban J connectivity index is 1.97. The number of carbonyl (C=O) groups is 3. The van der Waals surface area contributed by atoms with Crippen LogP contribution in [0.5, 0.6) is 0 Å². The zero-order valence-corrected chi connectivity index (χ0v) is 15.6. The minimum Gasteiger partial charge on any atom is -0.451 e. The lowest BCUT2D eigenvalue weighted by molar-refractivity contribution is -0.155. The summed E-state index contributed by atoms with van der Waals surface area (Å²) in [5, 5.41) is 5.02. The van der Waals surface area contributed by atoms with Crippen LogP contribution in [-0.2, 0) is 20.9 Å². The van der Waals surface area contributed by atoms with Gasteiger partial charge in [0.05, 0.1) is 17.2 Å². The van der Waals surface area contributed by atoms with E-state index in [1.807, 2.05) is 0 Å². The zero-order chi connectivity index (χ0) is 20.2. The smallest absolute Gasteiger partial charge is 0.326 e. The van der Waals surface area contributed by atoms with Crippen molar-refractivity contribution < 1.29 is 19.1 Å². The third-order valence-corrected chi connectivity index (χ3v) is 3.43. The molecule has 0 saturated carbocycles. The second kappa shape index (κ2) is 7.98. The average Bonchev–Trinajstić information content (AvgIpc) is 2.55. The molecule has 0 unspecified atom stereocenters. The van der Waals surface area contributed by atoms with E-state index in [2.05, 4.69) is 15.6 Å². The zero-order valence-electron chi connectivity index (χ0n) is 15.6. The molecule has 1 aromatic heterocycles. The lowest BCUT2D eigenvalue weighted by atomic mass is 10.1. The van der Waals surface area contributed by atoms with Crippen molar-refractivity contribution in [3.05, 3.63) is 40.9 Å². The predicted molar refractivity (Wildman–Crippen MR) is 98.0 cm³/mol. The van der Waals surface area contributed by atoms with Gasteiger partial charge in [-0.3, -0.25) is 24.3 Å². The Hall–Kier alpha value is -3.23. The van der Waals surface area contributed by atoms with E-state index < -0.39 is 36.1 Å². The van der Waals surface area contributed by atoms with Crippen molar-refractivity contribution in [1.29, 1.82) is 0 Å². The Morgan fingerprint density at radius 2 is 1.89 bits per heavy atom. The van der Waals surface area contributed by atoms with Crippen LogP contribution in [0.3, 0.4) is 0 Å². The molecule has 0 radical (unpaired) electrons. The number of esters is 1. The molecule has 1 heterocycles. The largest absolute Gasteiger partial charge is 0.451 e. The molecular weight excluding hydrogens is 352 g/mol. The van der Waals surface area contributed by atoms with Gasteiger partial charge in [-0.1, -0.05) is 12.1 Å². The van der Waals surface area contributed by atoms with Crippen molar-refractivity contribution in [3.63, 3.8) is 0 Å². The Morgan fingerprint density at radius 1 is 1.22 bits per heavy atom. The second-order valence-corrected chi connectivity index (χ2v) is 7.02. The van der Waals surface area contributed by atoms with E-state index in [0.29, 0.717) is 10.9 Å². The van der Waals surface area contributed by atoms with E-state index in [1.54, 1.807) is 45.0 Å². The Kier molecular flexibility index (Phi) is 5.94. The molecule has 0 fully saturated rings. The van der Waals surface area contributed by atoms with Crippen LogP contribution in [0.15, 0.2) is 35.4 Å². The van der Waals surface area contributed by atoms with E-state index >= 15 is 0 Å². The summed E-state index contributed by atoms with van der Waals surface area (Å²) in [5.41, 5.74) is -0.391. The Labute approximate surface area is 155 Å². The number of hydrogen-bond acceptors (Lipinski definition) is 6. The van der Waals surface area contributed by atoms with Gasteiger partial charge < -0.3 is 10.1 Å². The van der Waals surface area contributed by atoms with E-state index in [0.717, 1.165) is 4.57 Å². The van der Waals surface area contributed by atoms with Crippen molar-refractivity contribution in [2.24, 2.45) is 0 Å². The topological polar surface area (TPSA) is 119 Å². The third kappa shape index (κ3) is 5.63. The van der Waals surface area contributed by atoms with Crippen LogP contribution in [0.4, 0.5) is 4.79 Å². The van der Waals surface area contributed by atoms with Gasteiger partial charge >= 0.3 is 12.0 Å². The van der Waals surface area contributed by atoms with Gasteiger partial charge in [0.25, 0.3) is 11.5 Å². The first kappa shape index (κ1) is 20.1. The van der Waals surface area contributed by atoms with E-state index in [1.165, 1.54) is 13.3 Å². The number of nitrogens with zero attached hydrogens (tertiary/aromatic N) is 2. The molecule has 1 aromatic carbocycles. The number of fused-ring (bicyclic) bond motifs is 1. The highest BCUT2D eigenvalue weighted by Crippen LogP contribution is 2.05. The fourth-order valence-electron chi connectivity index (χ4n) is 2.23. The van der Waals surface area contributed by atoms with Crippen LogP contribution in [0.2, 0.25) is 0 Å². The molecule has 2 rings (SSSR count). The Morgan fingerprint density at radius 3 is 2.56 bits per heavy atom. The van der Waals surface area contributed by atoms with Crippen LogP contribution < -0.4 is 16.2 Å².